The average Bonchev–Trinajstić information content (AvgIpc) is 2.98. The van der Waals surface area contributed by atoms with E-state index < -0.39 is 0 Å². The zero-order chi connectivity index (χ0) is 19.6. The number of rotatable bonds is 9. The molecule has 0 spiro atoms. The smallest absolute Gasteiger partial charge is 0.192 e. The monoisotopic (exact) mass is 370 g/mol. The van der Waals surface area contributed by atoms with Crippen molar-refractivity contribution in [3.05, 3.63) is 53.6 Å². The van der Waals surface area contributed by atoms with Crippen LogP contribution in [0.15, 0.2) is 35.8 Å². The molecule has 27 heavy (non-hydrogen) atoms. The van der Waals surface area contributed by atoms with Crippen LogP contribution in [0.4, 0.5) is 0 Å². The van der Waals surface area contributed by atoms with E-state index in [1.54, 1.807) is 6.08 Å². The number of hydrogen-bond donors (Lipinski definition) is 2. The Bertz CT molecular complexity index is 781. The van der Waals surface area contributed by atoms with Crippen molar-refractivity contribution in [1.29, 1.82) is 0 Å². The molecule has 0 amide bonds. The molecule has 2 aromatic rings. The minimum Gasteiger partial charge on any atom is -0.493 e. The first-order chi connectivity index (χ1) is 13.0. The molecule has 146 valence electrons. The number of aromatic nitrogens is 3. The van der Waals surface area contributed by atoms with E-state index >= 15 is 0 Å². The van der Waals surface area contributed by atoms with Gasteiger partial charge in [0.25, 0.3) is 0 Å². The summed E-state index contributed by atoms with van der Waals surface area (Å²) in [5, 5.41) is 14.8. The molecule has 1 aromatic carbocycles. The lowest BCUT2D eigenvalue weighted by Crippen LogP contribution is -2.37. The van der Waals surface area contributed by atoms with Gasteiger partial charge >= 0.3 is 0 Å². The van der Waals surface area contributed by atoms with Crippen LogP contribution >= 0.6 is 0 Å². The summed E-state index contributed by atoms with van der Waals surface area (Å²) in [5.41, 5.74) is 2.23. The lowest BCUT2D eigenvalue weighted by molar-refractivity contribution is 0.314. The molecule has 0 saturated carbocycles. The van der Waals surface area contributed by atoms with E-state index in [1.165, 1.54) is 5.56 Å². The molecule has 2 N–H and O–H groups in total. The molecule has 2 rings (SSSR count). The number of aryl methyl sites for hydroxylation is 2. The minimum absolute atomic E-state index is 0.518. The van der Waals surface area contributed by atoms with Crippen molar-refractivity contribution in [2.75, 3.05) is 13.2 Å². The van der Waals surface area contributed by atoms with Gasteiger partial charge in [-0.05, 0) is 31.9 Å². The second-order valence-corrected chi connectivity index (χ2v) is 6.37. The molecule has 1 heterocycles. The van der Waals surface area contributed by atoms with E-state index in [-0.39, 0.29) is 0 Å². The SMILES string of the molecule is C=CCNC(=NCc1ccc(C)cc1OCCC)NCc1nnc(C)n1C. The summed E-state index contributed by atoms with van der Waals surface area (Å²) in [4.78, 5) is 4.69. The van der Waals surface area contributed by atoms with Crippen LogP contribution in [-0.4, -0.2) is 33.9 Å². The van der Waals surface area contributed by atoms with Crippen molar-refractivity contribution in [3.8, 4) is 5.75 Å². The lowest BCUT2D eigenvalue weighted by atomic mass is 10.1. The van der Waals surface area contributed by atoms with Crippen molar-refractivity contribution < 1.29 is 4.74 Å². The predicted octanol–water partition coefficient (Wildman–Crippen LogP) is 2.64. The molecule has 0 saturated heterocycles. The molecule has 0 aliphatic carbocycles. The topological polar surface area (TPSA) is 76.4 Å². The van der Waals surface area contributed by atoms with Gasteiger partial charge in [-0.3, -0.25) is 0 Å². The maximum Gasteiger partial charge on any atom is 0.192 e. The number of guanidine groups is 1. The van der Waals surface area contributed by atoms with Crippen molar-refractivity contribution in [2.45, 2.75) is 40.3 Å². The maximum absolute atomic E-state index is 5.88. The van der Waals surface area contributed by atoms with Gasteiger partial charge in [-0.15, -0.1) is 16.8 Å². The molecular formula is C20H30N6O. The number of hydrogen-bond acceptors (Lipinski definition) is 4. The van der Waals surface area contributed by atoms with E-state index in [0.29, 0.717) is 32.2 Å². The van der Waals surface area contributed by atoms with Crippen LogP contribution in [0.2, 0.25) is 0 Å². The molecule has 7 nitrogen and oxygen atoms in total. The number of nitrogens with one attached hydrogen (secondary N) is 2. The van der Waals surface area contributed by atoms with Crippen molar-refractivity contribution in [1.82, 2.24) is 25.4 Å². The minimum atomic E-state index is 0.518. The predicted molar refractivity (Wildman–Crippen MR) is 109 cm³/mol. The van der Waals surface area contributed by atoms with Gasteiger partial charge in [-0.2, -0.15) is 0 Å². The molecule has 7 heteroatoms. The fraction of sp³-hybridized carbons (Fsp3) is 0.450. The highest BCUT2D eigenvalue weighted by molar-refractivity contribution is 5.79. The van der Waals surface area contributed by atoms with Crippen LogP contribution in [0, 0.1) is 13.8 Å². The summed E-state index contributed by atoms with van der Waals surface area (Å²) in [6.07, 6.45) is 2.77. The Morgan fingerprint density at radius 2 is 2.11 bits per heavy atom. The Kier molecular flexibility index (Phi) is 7.85. The van der Waals surface area contributed by atoms with Gasteiger partial charge in [0.05, 0.1) is 19.7 Å². The van der Waals surface area contributed by atoms with E-state index in [4.69, 9.17) is 9.73 Å². The largest absolute Gasteiger partial charge is 0.493 e. The third kappa shape index (κ3) is 6.13. The van der Waals surface area contributed by atoms with Crippen LogP contribution in [0.25, 0.3) is 0 Å². The van der Waals surface area contributed by atoms with Gasteiger partial charge in [0, 0.05) is 19.2 Å². The van der Waals surface area contributed by atoms with Crippen LogP contribution < -0.4 is 15.4 Å². The zero-order valence-corrected chi connectivity index (χ0v) is 16.7. The van der Waals surface area contributed by atoms with Crippen molar-refractivity contribution in [2.24, 2.45) is 12.0 Å². The number of aliphatic imine (C=N–C) groups is 1. The lowest BCUT2D eigenvalue weighted by Gasteiger charge is -2.13. The van der Waals surface area contributed by atoms with Gasteiger partial charge in [0.2, 0.25) is 0 Å². The van der Waals surface area contributed by atoms with Gasteiger partial charge in [-0.1, -0.05) is 25.1 Å². The number of ether oxygens (including phenoxy) is 1. The van der Waals surface area contributed by atoms with Crippen LogP contribution in [0.5, 0.6) is 5.75 Å². The third-order valence-electron chi connectivity index (χ3n) is 4.10. The Balaban J connectivity index is 2.10. The van der Waals surface area contributed by atoms with Gasteiger partial charge in [0.15, 0.2) is 11.8 Å². The van der Waals surface area contributed by atoms with Gasteiger partial charge < -0.3 is 19.9 Å². The summed E-state index contributed by atoms with van der Waals surface area (Å²) in [5.74, 6) is 3.31. The molecule has 0 aliphatic heterocycles. The highest BCUT2D eigenvalue weighted by Crippen LogP contribution is 2.21. The summed E-state index contributed by atoms with van der Waals surface area (Å²) >= 11 is 0. The van der Waals surface area contributed by atoms with Crippen molar-refractivity contribution >= 4 is 5.96 Å². The Morgan fingerprint density at radius 3 is 2.78 bits per heavy atom. The first-order valence-electron chi connectivity index (χ1n) is 9.25. The summed E-state index contributed by atoms with van der Waals surface area (Å²) in [7, 11) is 1.95. The van der Waals surface area contributed by atoms with E-state index in [2.05, 4.69) is 59.5 Å². The Morgan fingerprint density at radius 1 is 1.30 bits per heavy atom. The fourth-order valence-electron chi connectivity index (χ4n) is 2.41. The second-order valence-electron chi connectivity index (χ2n) is 6.37. The molecule has 0 unspecified atom stereocenters. The molecular weight excluding hydrogens is 340 g/mol. The second kappa shape index (κ2) is 10.4. The van der Waals surface area contributed by atoms with E-state index in [1.807, 2.05) is 18.5 Å². The highest BCUT2D eigenvalue weighted by Gasteiger charge is 2.07. The molecule has 0 fully saturated rings. The van der Waals surface area contributed by atoms with Crippen molar-refractivity contribution in [3.63, 3.8) is 0 Å². The molecule has 0 radical (unpaired) electrons. The molecule has 1 aromatic heterocycles. The fourth-order valence-corrected chi connectivity index (χ4v) is 2.41. The normalized spacial score (nSPS) is 11.3. The highest BCUT2D eigenvalue weighted by atomic mass is 16.5. The van der Waals surface area contributed by atoms with Crippen LogP contribution in [-0.2, 0) is 20.1 Å². The molecule has 0 bridgehead atoms. The first-order valence-corrected chi connectivity index (χ1v) is 9.25. The summed E-state index contributed by atoms with van der Waals surface area (Å²) < 4.78 is 7.83. The first kappa shape index (κ1) is 20.5. The van der Waals surface area contributed by atoms with E-state index in [0.717, 1.165) is 29.4 Å². The Labute approximate surface area is 161 Å². The Hall–Kier alpha value is -2.83. The molecule has 0 atom stereocenters. The quantitative estimate of drug-likeness (QED) is 0.403. The number of benzene rings is 1. The van der Waals surface area contributed by atoms with Gasteiger partial charge in [-0.25, -0.2) is 4.99 Å². The average molecular weight is 371 g/mol. The maximum atomic E-state index is 5.88. The standard InChI is InChI=1S/C20H30N6O/c1-6-10-21-20(23-14-19-25-24-16(4)26(19)5)22-13-17-9-8-15(3)12-18(17)27-11-7-2/h6,8-9,12H,1,7,10-11,13-14H2,2-5H3,(H2,21,22,23). The zero-order valence-electron chi connectivity index (χ0n) is 16.7. The van der Waals surface area contributed by atoms with Crippen LogP contribution in [0.1, 0.15) is 36.1 Å². The summed E-state index contributed by atoms with van der Waals surface area (Å²) in [6, 6.07) is 6.21. The third-order valence-corrected chi connectivity index (χ3v) is 4.10. The van der Waals surface area contributed by atoms with E-state index in [9.17, 15) is 0 Å². The van der Waals surface area contributed by atoms with Gasteiger partial charge in [0.1, 0.15) is 11.6 Å². The number of nitrogens with zero attached hydrogens (tertiary/aromatic N) is 4. The van der Waals surface area contributed by atoms with Crippen LogP contribution in [0.3, 0.4) is 0 Å². The summed E-state index contributed by atoms with van der Waals surface area (Å²) in [6.45, 7) is 12.2. The molecule has 0 aliphatic rings.